The van der Waals surface area contributed by atoms with Crippen LogP contribution in [0, 0.1) is 0 Å². The molecule has 27 heavy (non-hydrogen) atoms. The van der Waals surface area contributed by atoms with Crippen LogP contribution in [0.1, 0.15) is 13.8 Å². The topological polar surface area (TPSA) is 97.3 Å². The van der Waals surface area contributed by atoms with Gasteiger partial charge < -0.3 is 19.7 Å². The van der Waals surface area contributed by atoms with Gasteiger partial charge in [0.15, 0.2) is 0 Å². The molecule has 3 rings (SSSR count). The van der Waals surface area contributed by atoms with Crippen molar-refractivity contribution in [2.75, 3.05) is 30.8 Å². The Morgan fingerprint density at radius 1 is 1.22 bits per heavy atom. The van der Waals surface area contributed by atoms with Crippen molar-refractivity contribution in [3.63, 3.8) is 0 Å². The van der Waals surface area contributed by atoms with E-state index in [4.69, 9.17) is 9.47 Å². The predicted octanol–water partition coefficient (Wildman–Crippen LogP) is 1.92. The number of rotatable bonds is 6. The molecular formula is C18H21N3O5S. The third-order valence-electron chi connectivity index (χ3n) is 3.90. The molecule has 9 heteroatoms. The highest BCUT2D eigenvalue weighted by Crippen LogP contribution is 2.30. The fraction of sp³-hybridized carbons (Fsp3) is 0.333. The first-order valence-electron chi connectivity index (χ1n) is 8.62. The average Bonchev–Trinajstić information content (AvgIpc) is 2.63. The monoisotopic (exact) mass is 391 g/mol. The number of nitrogens with one attached hydrogen (secondary N) is 1. The lowest BCUT2D eigenvalue weighted by atomic mass is 10.1. The lowest BCUT2D eigenvalue weighted by molar-refractivity contribution is -0.112. The molecule has 0 radical (unpaired) electrons. The van der Waals surface area contributed by atoms with Crippen LogP contribution in [0.5, 0.6) is 11.5 Å². The first-order valence-corrected chi connectivity index (χ1v) is 10.2. The van der Waals surface area contributed by atoms with Crippen LogP contribution in [-0.2, 0) is 14.8 Å². The van der Waals surface area contributed by atoms with Crippen molar-refractivity contribution in [3.8, 4) is 11.5 Å². The molecule has 0 aromatic heterocycles. The third-order valence-corrected chi connectivity index (χ3v) is 5.06. The van der Waals surface area contributed by atoms with Crippen LogP contribution in [0.25, 0.3) is 0 Å². The summed E-state index contributed by atoms with van der Waals surface area (Å²) in [5.74, 6) is 1.06. The minimum Gasteiger partial charge on any atom is -0.494 e. The number of anilines is 1. The van der Waals surface area contributed by atoms with Crippen LogP contribution in [0.2, 0.25) is 0 Å². The number of fused-ring (bicyclic) bond motifs is 1. The molecule has 0 aliphatic carbocycles. The Morgan fingerprint density at radius 2 is 2.00 bits per heavy atom. The lowest BCUT2D eigenvalue weighted by Crippen LogP contribution is -2.37. The second-order valence-corrected chi connectivity index (χ2v) is 7.58. The van der Waals surface area contributed by atoms with Gasteiger partial charge in [-0.3, -0.25) is 4.79 Å². The van der Waals surface area contributed by atoms with Crippen LogP contribution >= 0.6 is 0 Å². The summed E-state index contributed by atoms with van der Waals surface area (Å²) in [6, 6.07) is 5.23. The van der Waals surface area contributed by atoms with Gasteiger partial charge in [-0.05, 0) is 38.1 Å². The van der Waals surface area contributed by atoms with Crippen molar-refractivity contribution in [2.45, 2.75) is 13.8 Å². The van der Waals surface area contributed by atoms with E-state index in [1.165, 1.54) is 12.2 Å². The van der Waals surface area contributed by atoms with Crippen molar-refractivity contribution >= 4 is 27.5 Å². The summed E-state index contributed by atoms with van der Waals surface area (Å²) >= 11 is 0. The summed E-state index contributed by atoms with van der Waals surface area (Å²) in [6.45, 7) is 4.97. The Labute approximate surface area is 158 Å². The number of amidine groups is 1. The minimum absolute atomic E-state index is 0.0827. The van der Waals surface area contributed by atoms with E-state index in [2.05, 4.69) is 9.71 Å². The van der Waals surface area contributed by atoms with Gasteiger partial charge in [0.1, 0.15) is 17.3 Å². The van der Waals surface area contributed by atoms with Gasteiger partial charge in [0.2, 0.25) is 0 Å². The fourth-order valence-corrected chi connectivity index (χ4v) is 3.64. The van der Waals surface area contributed by atoms with Crippen LogP contribution in [-0.4, -0.2) is 50.6 Å². The summed E-state index contributed by atoms with van der Waals surface area (Å²) in [7, 11) is -3.43. The first kappa shape index (κ1) is 19.0. The van der Waals surface area contributed by atoms with E-state index in [0.29, 0.717) is 41.8 Å². The summed E-state index contributed by atoms with van der Waals surface area (Å²) in [5, 5.41) is 2.83. The maximum atomic E-state index is 12.7. The van der Waals surface area contributed by atoms with E-state index in [0.717, 1.165) is 0 Å². The van der Waals surface area contributed by atoms with Crippen molar-refractivity contribution in [1.29, 1.82) is 0 Å². The van der Waals surface area contributed by atoms with Gasteiger partial charge in [-0.25, -0.2) is 8.42 Å². The smallest absolute Gasteiger partial charge is 0.257 e. The van der Waals surface area contributed by atoms with Crippen LogP contribution in [0.4, 0.5) is 5.69 Å². The average molecular weight is 391 g/mol. The molecule has 2 aliphatic rings. The molecule has 2 heterocycles. The molecule has 1 aromatic carbocycles. The van der Waals surface area contributed by atoms with Gasteiger partial charge >= 0.3 is 0 Å². The van der Waals surface area contributed by atoms with E-state index in [1.807, 2.05) is 13.8 Å². The number of amides is 1. The molecule has 2 aliphatic heterocycles. The molecule has 0 fully saturated rings. The van der Waals surface area contributed by atoms with Gasteiger partial charge in [0.25, 0.3) is 15.9 Å². The zero-order chi connectivity index (χ0) is 19.4. The molecule has 0 saturated carbocycles. The number of hydrogen-bond acceptors (Lipinski definition) is 6. The van der Waals surface area contributed by atoms with E-state index in [-0.39, 0.29) is 18.2 Å². The van der Waals surface area contributed by atoms with Crippen molar-refractivity contribution in [2.24, 2.45) is 4.40 Å². The second-order valence-electron chi connectivity index (χ2n) is 5.82. The number of carbonyl (C=O) groups excluding carboxylic acids is 1. The largest absolute Gasteiger partial charge is 0.494 e. The normalized spacial score (nSPS) is 17.5. The number of nitrogens with zero attached hydrogens (tertiary/aromatic N) is 2. The van der Waals surface area contributed by atoms with E-state index in [9.17, 15) is 13.2 Å². The SMILES string of the molecule is CCOc1ccc(OCC)c(NC(=O)C2=CN3CCS(=O)(=O)N=C3C=C2)c1. The third kappa shape index (κ3) is 4.48. The summed E-state index contributed by atoms with van der Waals surface area (Å²) < 4.78 is 37.9. The van der Waals surface area contributed by atoms with Crippen molar-refractivity contribution in [3.05, 3.63) is 42.1 Å². The molecule has 144 valence electrons. The molecule has 0 saturated heterocycles. The molecule has 0 unspecified atom stereocenters. The Kier molecular flexibility index (Phi) is 5.50. The highest BCUT2D eigenvalue weighted by molar-refractivity contribution is 7.90. The van der Waals surface area contributed by atoms with Gasteiger partial charge in [-0.15, -0.1) is 4.40 Å². The summed E-state index contributed by atoms with van der Waals surface area (Å²) in [6.07, 6.45) is 4.65. The molecule has 8 nitrogen and oxygen atoms in total. The fourth-order valence-electron chi connectivity index (χ4n) is 2.67. The van der Waals surface area contributed by atoms with Gasteiger partial charge in [0.05, 0.1) is 30.2 Å². The number of hydrogen-bond donors (Lipinski definition) is 1. The maximum Gasteiger partial charge on any atom is 0.257 e. The van der Waals surface area contributed by atoms with Crippen molar-refractivity contribution in [1.82, 2.24) is 4.90 Å². The number of ether oxygens (including phenoxy) is 2. The second kappa shape index (κ2) is 7.83. The molecule has 0 atom stereocenters. The maximum absolute atomic E-state index is 12.7. The molecular weight excluding hydrogens is 370 g/mol. The molecule has 0 spiro atoms. The quantitative estimate of drug-likeness (QED) is 0.796. The molecule has 1 N–H and O–H groups in total. The molecule has 1 aromatic rings. The number of sulfonamides is 1. The molecule has 1 amide bonds. The van der Waals surface area contributed by atoms with Gasteiger partial charge in [0, 0.05) is 18.8 Å². The zero-order valence-electron chi connectivity index (χ0n) is 15.1. The Bertz CT molecular complexity index is 934. The lowest BCUT2D eigenvalue weighted by Gasteiger charge is -2.27. The number of benzene rings is 1. The highest BCUT2D eigenvalue weighted by Gasteiger charge is 2.25. The van der Waals surface area contributed by atoms with Gasteiger partial charge in [-0.1, -0.05) is 0 Å². The number of carbonyl (C=O) groups is 1. The van der Waals surface area contributed by atoms with E-state index >= 15 is 0 Å². The van der Waals surface area contributed by atoms with E-state index in [1.54, 1.807) is 29.3 Å². The Balaban J connectivity index is 1.81. The van der Waals surface area contributed by atoms with Crippen LogP contribution < -0.4 is 14.8 Å². The van der Waals surface area contributed by atoms with Crippen LogP contribution in [0.3, 0.4) is 0 Å². The Morgan fingerprint density at radius 3 is 2.74 bits per heavy atom. The van der Waals surface area contributed by atoms with E-state index < -0.39 is 10.0 Å². The Hall–Kier alpha value is -2.81. The summed E-state index contributed by atoms with van der Waals surface area (Å²) in [4.78, 5) is 14.3. The first-order chi connectivity index (χ1) is 12.9. The van der Waals surface area contributed by atoms with Crippen LogP contribution in [0.15, 0.2) is 46.5 Å². The standard InChI is InChI=1S/C18H21N3O5S/c1-3-25-14-6-7-16(26-4-2)15(11-14)19-18(22)13-5-8-17-20-27(23,24)10-9-21(17)12-13/h5-8,11-12H,3-4,9-10H2,1-2H3,(H,19,22). The van der Waals surface area contributed by atoms with Crippen molar-refractivity contribution < 1.29 is 22.7 Å². The zero-order valence-corrected chi connectivity index (χ0v) is 16.0. The highest BCUT2D eigenvalue weighted by atomic mass is 32.2. The minimum atomic E-state index is -3.43. The van der Waals surface area contributed by atoms with Gasteiger partial charge in [-0.2, -0.15) is 0 Å². The molecule has 0 bridgehead atoms. The summed E-state index contributed by atoms with van der Waals surface area (Å²) in [5.41, 5.74) is 0.889. The predicted molar refractivity (Wildman–Crippen MR) is 103 cm³/mol.